The summed E-state index contributed by atoms with van der Waals surface area (Å²) in [7, 11) is -4.21. The summed E-state index contributed by atoms with van der Waals surface area (Å²) in [5.74, 6) is -2.67. The first-order valence-electron chi connectivity index (χ1n) is 17.1. The molecule has 264 valence electrons. The number of halogens is 3. The monoisotopic (exact) mass is 723 g/mol. The molecule has 7 rings (SSSR count). The van der Waals surface area contributed by atoms with Gasteiger partial charge in [-0.15, -0.1) is 0 Å². The van der Waals surface area contributed by atoms with Crippen molar-refractivity contribution in [3.63, 3.8) is 0 Å². The summed E-state index contributed by atoms with van der Waals surface area (Å²) in [5, 5.41) is 2.17. The van der Waals surface area contributed by atoms with Crippen molar-refractivity contribution < 1.29 is 31.5 Å². The zero-order chi connectivity index (χ0) is 35.0. The molecule has 8 nitrogen and oxygen atoms in total. The van der Waals surface area contributed by atoms with Gasteiger partial charge in [0.2, 0.25) is 15.9 Å². The molecule has 2 heterocycles. The molecule has 3 atom stereocenters. The number of piperidine rings is 2. The van der Waals surface area contributed by atoms with Crippen molar-refractivity contribution in [3.05, 3.63) is 90.0 Å². The van der Waals surface area contributed by atoms with Gasteiger partial charge in [-0.05, 0) is 109 Å². The van der Waals surface area contributed by atoms with Gasteiger partial charge in [-0.25, -0.2) is 17.2 Å². The predicted octanol–water partition coefficient (Wildman–Crippen LogP) is 7.28. The molecule has 0 aromatic heterocycles. The Bertz CT molecular complexity index is 1960. The second kappa shape index (κ2) is 14.1. The van der Waals surface area contributed by atoms with Crippen LogP contribution >= 0.6 is 11.6 Å². The van der Waals surface area contributed by atoms with Crippen LogP contribution in [0.2, 0.25) is 5.02 Å². The first-order chi connectivity index (χ1) is 24.0. The van der Waals surface area contributed by atoms with Crippen molar-refractivity contribution in [1.29, 1.82) is 0 Å². The molecule has 2 N–H and O–H groups in total. The lowest BCUT2D eigenvalue weighted by Gasteiger charge is -2.42. The number of amides is 1. The third-order valence-electron chi connectivity index (χ3n) is 10.1. The Labute approximate surface area is 296 Å². The molecule has 1 saturated carbocycles. The number of sulfonamides is 1. The standard InChI is InChI=1S/C38H40ClF2N3O5S/c39-29-11-5-25(6-12-29)26-7-13-31(14-8-26)49-33-17-20-44(35(23-33)37(45)43-19-18-36(42)38(40,41)24-43)50(46,47)34-16-10-27-21-32(15-9-28(27)22-34)48-30-3-1-2-4-30/h5-16,21-22,30,33,35-36H,1-4,17-20,23-24,42H2/t33-,35-,36?/m1/s1. The van der Waals surface area contributed by atoms with Gasteiger partial charge in [-0.1, -0.05) is 48.0 Å². The van der Waals surface area contributed by atoms with E-state index in [2.05, 4.69) is 0 Å². The molecule has 0 bridgehead atoms. The smallest absolute Gasteiger partial charge is 0.280 e. The van der Waals surface area contributed by atoms with Crippen LogP contribution in [0.15, 0.2) is 89.8 Å². The molecule has 3 fully saturated rings. The molecular weight excluding hydrogens is 684 g/mol. The van der Waals surface area contributed by atoms with Gasteiger partial charge in [0.1, 0.15) is 23.6 Å². The minimum absolute atomic E-state index is 0.000566. The zero-order valence-electron chi connectivity index (χ0n) is 27.5. The number of alkyl halides is 2. The molecule has 2 aliphatic heterocycles. The topological polar surface area (TPSA) is 102 Å². The fraction of sp³-hybridized carbons (Fsp3) is 0.395. The number of hydrogen-bond acceptors (Lipinski definition) is 6. The summed E-state index contributed by atoms with van der Waals surface area (Å²) in [6.45, 7) is -0.878. The van der Waals surface area contributed by atoms with Crippen molar-refractivity contribution >= 4 is 38.3 Å². The van der Waals surface area contributed by atoms with Crippen molar-refractivity contribution in [2.24, 2.45) is 5.73 Å². The van der Waals surface area contributed by atoms with E-state index in [9.17, 15) is 22.0 Å². The quantitative estimate of drug-likeness (QED) is 0.205. The van der Waals surface area contributed by atoms with Gasteiger partial charge in [0.25, 0.3) is 5.92 Å². The molecule has 1 amide bonds. The number of rotatable bonds is 8. The maximum Gasteiger partial charge on any atom is 0.280 e. The van der Waals surface area contributed by atoms with Crippen molar-refractivity contribution in [3.8, 4) is 22.6 Å². The summed E-state index contributed by atoms with van der Waals surface area (Å²) in [6.07, 6.45) is 4.23. The fourth-order valence-corrected chi connectivity index (χ4v) is 8.99. The van der Waals surface area contributed by atoms with E-state index >= 15 is 0 Å². The average molecular weight is 724 g/mol. The van der Waals surface area contributed by atoms with E-state index in [1.54, 1.807) is 12.1 Å². The highest BCUT2D eigenvalue weighted by molar-refractivity contribution is 7.89. The predicted molar refractivity (Wildman–Crippen MR) is 189 cm³/mol. The summed E-state index contributed by atoms with van der Waals surface area (Å²) in [6, 6.07) is 22.7. The Balaban J connectivity index is 1.13. The molecule has 1 unspecified atom stereocenters. The minimum Gasteiger partial charge on any atom is -0.490 e. The van der Waals surface area contributed by atoms with Crippen LogP contribution in [-0.4, -0.2) is 73.4 Å². The molecule has 4 aromatic rings. The third-order valence-corrected chi connectivity index (χ3v) is 12.2. The van der Waals surface area contributed by atoms with Crippen LogP contribution in [0.5, 0.6) is 11.5 Å². The highest BCUT2D eigenvalue weighted by atomic mass is 35.5. The van der Waals surface area contributed by atoms with Gasteiger partial charge in [0.15, 0.2) is 0 Å². The third kappa shape index (κ3) is 7.32. The lowest BCUT2D eigenvalue weighted by atomic mass is 9.97. The number of fused-ring (bicyclic) bond motifs is 1. The Morgan fingerprint density at radius 1 is 0.780 bits per heavy atom. The molecule has 0 spiro atoms. The van der Waals surface area contributed by atoms with Crippen LogP contribution in [0.25, 0.3) is 21.9 Å². The number of benzene rings is 4. The van der Waals surface area contributed by atoms with Gasteiger partial charge in [-0.3, -0.25) is 4.79 Å². The van der Waals surface area contributed by atoms with Crippen molar-refractivity contribution in [1.82, 2.24) is 9.21 Å². The Hall–Kier alpha value is -3.77. The average Bonchev–Trinajstić information content (AvgIpc) is 3.62. The number of nitrogens with zero attached hydrogens (tertiary/aromatic N) is 2. The maximum absolute atomic E-state index is 14.7. The molecule has 0 radical (unpaired) electrons. The number of carbonyl (C=O) groups is 1. The Morgan fingerprint density at radius 3 is 2.10 bits per heavy atom. The number of carbonyl (C=O) groups excluding carboxylic acids is 1. The van der Waals surface area contributed by atoms with E-state index in [-0.39, 0.29) is 36.9 Å². The van der Waals surface area contributed by atoms with Crippen LogP contribution in [0.3, 0.4) is 0 Å². The van der Waals surface area contributed by atoms with Gasteiger partial charge in [0.05, 0.1) is 23.6 Å². The summed E-state index contributed by atoms with van der Waals surface area (Å²) in [5.41, 5.74) is 7.60. The first kappa shape index (κ1) is 34.7. The van der Waals surface area contributed by atoms with Gasteiger partial charge in [0, 0.05) is 24.5 Å². The lowest BCUT2D eigenvalue weighted by molar-refractivity contribution is -0.149. The van der Waals surface area contributed by atoms with E-state index in [1.807, 2.05) is 66.7 Å². The van der Waals surface area contributed by atoms with Crippen LogP contribution in [0, 0.1) is 0 Å². The van der Waals surface area contributed by atoms with Crippen molar-refractivity contribution in [2.75, 3.05) is 19.6 Å². The highest BCUT2D eigenvalue weighted by Gasteiger charge is 2.48. The Morgan fingerprint density at radius 2 is 1.40 bits per heavy atom. The fourth-order valence-electron chi connectivity index (χ4n) is 7.22. The van der Waals surface area contributed by atoms with E-state index in [0.717, 1.165) is 57.2 Å². The number of ether oxygens (including phenoxy) is 2. The number of nitrogens with two attached hydrogens (primary N) is 1. The van der Waals surface area contributed by atoms with Crippen LogP contribution < -0.4 is 15.2 Å². The second-order valence-corrected chi connectivity index (χ2v) is 15.9. The van der Waals surface area contributed by atoms with Gasteiger partial charge < -0.3 is 20.1 Å². The second-order valence-electron chi connectivity index (χ2n) is 13.5. The summed E-state index contributed by atoms with van der Waals surface area (Å²) in [4.78, 5) is 15.1. The summed E-state index contributed by atoms with van der Waals surface area (Å²) < 4.78 is 71.5. The SMILES string of the molecule is NC1CCN(C(=O)[C@H]2C[C@H](Oc3ccc(-c4ccc(Cl)cc4)cc3)CCN2S(=O)(=O)c2ccc3cc(OC4CCCC4)ccc3c2)CC1(F)F. The van der Waals surface area contributed by atoms with E-state index in [4.69, 9.17) is 26.8 Å². The van der Waals surface area contributed by atoms with Crippen LogP contribution in [0.1, 0.15) is 44.9 Å². The Kier molecular flexibility index (Phi) is 9.77. The molecule has 2 saturated heterocycles. The lowest BCUT2D eigenvalue weighted by Crippen LogP contribution is -2.62. The number of likely N-dealkylation sites (tertiary alicyclic amines) is 1. The van der Waals surface area contributed by atoms with Crippen molar-refractivity contribution in [2.45, 2.75) is 80.1 Å². The largest absolute Gasteiger partial charge is 0.490 e. The van der Waals surface area contributed by atoms with E-state index in [0.29, 0.717) is 22.6 Å². The molecule has 50 heavy (non-hydrogen) atoms. The number of hydrogen-bond donors (Lipinski definition) is 1. The zero-order valence-corrected chi connectivity index (χ0v) is 29.1. The maximum atomic E-state index is 14.7. The van der Waals surface area contributed by atoms with Gasteiger partial charge >= 0.3 is 0 Å². The molecular formula is C38H40ClF2N3O5S. The molecule has 1 aliphatic carbocycles. The highest BCUT2D eigenvalue weighted by Crippen LogP contribution is 2.34. The summed E-state index contributed by atoms with van der Waals surface area (Å²) >= 11 is 6.03. The van der Waals surface area contributed by atoms with E-state index < -0.39 is 46.6 Å². The van der Waals surface area contributed by atoms with Crippen LogP contribution in [-0.2, 0) is 14.8 Å². The first-order valence-corrected chi connectivity index (χ1v) is 19.0. The normalized spacial score (nSPS) is 23.2. The molecule has 4 aromatic carbocycles. The molecule has 3 aliphatic rings. The minimum atomic E-state index is -4.21. The van der Waals surface area contributed by atoms with Gasteiger partial charge in [-0.2, -0.15) is 4.31 Å². The molecule has 12 heteroatoms. The van der Waals surface area contributed by atoms with Crippen LogP contribution in [0.4, 0.5) is 8.78 Å². The van der Waals surface area contributed by atoms with E-state index in [1.165, 1.54) is 6.07 Å².